The van der Waals surface area contributed by atoms with Crippen LogP contribution in [0.15, 0.2) is 30.3 Å². The van der Waals surface area contributed by atoms with Crippen molar-refractivity contribution in [2.75, 3.05) is 0 Å². The quantitative estimate of drug-likeness (QED) is 0.830. The zero-order valence-electron chi connectivity index (χ0n) is 10.1. The van der Waals surface area contributed by atoms with Crippen molar-refractivity contribution < 1.29 is 4.79 Å². The molecule has 0 spiro atoms. The standard InChI is InChI=1S/C15H19NO/c17-15(13-4-2-1-3-5-13)16-14-10-11-6-8-12(14)9-7-11/h1-5,11-12,14H,6-10H2,(H,16,17). The summed E-state index contributed by atoms with van der Waals surface area (Å²) in [6.45, 7) is 0. The number of nitrogens with one attached hydrogen (secondary N) is 1. The van der Waals surface area contributed by atoms with E-state index in [4.69, 9.17) is 0 Å². The van der Waals surface area contributed by atoms with E-state index >= 15 is 0 Å². The molecule has 17 heavy (non-hydrogen) atoms. The SMILES string of the molecule is O=C(NC1CC2CCC1CC2)c1ccccc1. The molecule has 3 aliphatic rings. The lowest BCUT2D eigenvalue weighted by Crippen LogP contribution is -2.47. The highest BCUT2D eigenvalue weighted by molar-refractivity contribution is 5.94. The fraction of sp³-hybridized carbons (Fsp3) is 0.533. The molecule has 1 unspecified atom stereocenters. The normalized spacial score (nSPS) is 31.2. The molecule has 3 saturated carbocycles. The number of hydrogen-bond acceptors (Lipinski definition) is 1. The Hall–Kier alpha value is -1.31. The van der Waals surface area contributed by atoms with Gasteiger partial charge in [0.1, 0.15) is 0 Å². The number of amides is 1. The Kier molecular flexibility index (Phi) is 2.87. The molecule has 0 saturated heterocycles. The minimum Gasteiger partial charge on any atom is -0.349 e. The first-order valence-electron chi connectivity index (χ1n) is 6.69. The lowest BCUT2D eigenvalue weighted by Gasteiger charge is -2.42. The lowest BCUT2D eigenvalue weighted by molar-refractivity contribution is 0.0810. The Bertz CT molecular complexity index is 393. The van der Waals surface area contributed by atoms with E-state index < -0.39 is 0 Å². The van der Waals surface area contributed by atoms with E-state index in [0.29, 0.717) is 6.04 Å². The van der Waals surface area contributed by atoms with Crippen molar-refractivity contribution in [2.24, 2.45) is 11.8 Å². The van der Waals surface area contributed by atoms with Crippen molar-refractivity contribution in [3.8, 4) is 0 Å². The second-order valence-corrected chi connectivity index (χ2v) is 5.46. The maximum atomic E-state index is 12.1. The molecule has 0 aliphatic heterocycles. The highest BCUT2D eigenvalue weighted by Crippen LogP contribution is 2.41. The third kappa shape index (κ3) is 2.21. The molecule has 2 bridgehead atoms. The number of benzene rings is 1. The van der Waals surface area contributed by atoms with E-state index in [0.717, 1.165) is 17.4 Å². The Morgan fingerprint density at radius 2 is 1.76 bits per heavy atom. The molecule has 1 aromatic rings. The van der Waals surface area contributed by atoms with Crippen molar-refractivity contribution in [1.29, 1.82) is 0 Å². The van der Waals surface area contributed by atoms with Crippen LogP contribution in [0.4, 0.5) is 0 Å². The van der Waals surface area contributed by atoms with E-state index in [1.165, 1.54) is 32.1 Å². The van der Waals surface area contributed by atoms with Crippen molar-refractivity contribution in [3.63, 3.8) is 0 Å². The number of rotatable bonds is 2. The molecule has 1 aromatic carbocycles. The Balaban J connectivity index is 1.66. The maximum absolute atomic E-state index is 12.1. The average Bonchev–Trinajstić information content (AvgIpc) is 2.41. The summed E-state index contributed by atoms with van der Waals surface area (Å²) >= 11 is 0. The van der Waals surface area contributed by atoms with Gasteiger partial charge in [0.2, 0.25) is 0 Å². The summed E-state index contributed by atoms with van der Waals surface area (Å²) in [5.41, 5.74) is 0.786. The number of carbonyl (C=O) groups is 1. The van der Waals surface area contributed by atoms with Gasteiger partial charge in [0.25, 0.3) is 5.91 Å². The van der Waals surface area contributed by atoms with Crippen molar-refractivity contribution in [1.82, 2.24) is 5.32 Å². The van der Waals surface area contributed by atoms with Crippen LogP contribution >= 0.6 is 0 Å². The third-order valence-corrected chi connectivity index (χ3v) is 4.40. The Labute approximate surface area is 102 Å². The number of hydrogen-bond donors (Lipinski definition) is 1. The fourth-order valence-corrected chi connectivity index (χ4v) is 3.40. The zero-order chi connectivity index (χ0) is 11.7. The molecule has 0 radical (unpaired) electrons. The summed E-state index contributed by atoms with van der Waals surface area (Å²) < 4.78 is 0. The largest absolute Gasteiger partial charge is 0.349 e. The van der Waals surface area contributed by atoms with Crippen LogP contribution in [0.2, 0.25) is 0 Å². The summed E-state index contributed by atoms with van der Waals surface area (Å²) in [5, 5.41) is 3.23. The van der Waals surface area contributed by atoms with Crippen LogP contribution in [0, 0.1) is 11.8 Å². The molecule has 3 aliphatic carbocycles. The van der Waals surface area contributed by atoms with E-state index in [1.54, 1.807) is 0 Å². The molecule has 0 heterocycles. The van der Waals surface area contributed by atoms with Gasteiger partial charge in [0.05, 0.1) is 0 Å². The van der Waals surface area contributed by atoms with Gasteiger partial charge in [-0.25, -0.2) is 0 Å². The second kappa shape index (κ2) is 4.52. The summed E-state index contributed by atoms with van der Waals surface area (Å²) in [4.78, 5) is 12.1. The first-order chi connectivity index (χ1) is 8.33. The molecule has 2 nitrogen and oxygen atoms in total. The van der Waals surface area contributed by atoms with Crippen LogP contribution in [0.1, 0.15) is 42.5 Å². The van der Waals surface area contributed by atoms with Crippen LogP contribution < -0.4 is 5.32 Å². The predicted octanol–water partition coefficient (Wildman–Crippen LogP) is 3.00. The first-order valence-corrected chi connectivity index (χ1v) is 6.69. The predicted molar refractivity (Wildman–Crippen MR) is 67.8 cm³/mol. The van der Waals surface area contributed by atoms with E-state index in [-0.39, 0.29) is 5.91 Å². The van der Waals surface area contributed by atoms with Gasteiger partial charge in [0, 0.05) is 11.6 Å². The topological polar surface area (TPSA) is 29.1 Å². The summed E-state index contributed by atoms with van der Waals surface area (Å²) in [7, 11) is 0. The lowest BCUT2D eigenvalue weighted by atomic mass is 9.68. The molecule has 1 N–H and O–H groups in total. The van der Waals surface area contributed by atoms with Gasteiger partial charge < -0.3 is 5.32 Å². The van der Waals surface area contributed by atoms with Crippen LogP contribution in [0.25, 0.3) is 0 Å². The first kappa shape index (κ1) is 10.8. The van der Waals surface area contributed by atoms with Gasteiger partial charge in [-0.1, -0.05) is 31.0 Å². The molecular weight excluding hydrogens is 210 g/mol. The molecule has 1 atom stereocenters. The van der Waals surface area contributed by atoms with Crippen molar-refractivity contribution in [2.45, 2.75) is 38.1 Å². The third-order valence-electron chi connectivity index (χ3n) is 4.40. The van der Waals surface area contributed by atoms with Gasteiger partial charge in [-0.3, -0.25) is 4.79 Å². The minimum atomic E-state index is 0.100. The molecular formula is C15H19NO. The molecule has 90 valence electrons. The summed E-state index contributed by atoms with van der Waals surface area (Å²) in [6.07, 6.45) is 6.57. The van der Waals surface area contributed by atoms with Gasteiger partial charge in [-0.2, -0.15) is 0 Å². The minimum absolute atomic E-state index is 0.100. The zero-order valence-corrected chi connectivity index (χ0v) is 10.1. The molecule has 1 amide bonds. The van der Waals surface area contributed by atoms with Gasteiger partial charge >= 0.3 is 0 Å². The maximum Gasteiger partial charge on any atom is 0.251 e. The van der Waals surface area contributed by atoms with Crippen molar-refractivity contribution >= 4 is 5.91 Å². The highest BCUT2D eigenvalue weighted by Gasteiger charge is 2.36. The number of fused-ring (bicyclic) bond motifs is 3. The molecule has 4 rings (SSSR count). The van der Waals surface area contributed by atoms with Crippen molar-refractivity contribution in [3.05, 3.63) is 35.9 Å². The van der Waals surface area contributed by atoms with Crippen LogP contribution in [0.3, 0.4) is 0 Å². The highest BCUT2D eigenvalue weighted by atomic mass is 16.1. The smallest absolute Gasteiger partial charge is 0.251 e. The molecule has 3 fully saturated rings. The van der Waals surface area contributed by atoms with E-state index in [9.17, 15) is 4.79 Å². The van der Waals surface area contributed by atoms with E-state index in [1.807, 2.05) is 30.3 Å². The Morgan fingerprint density at radius 1 is 1.06 bits per heavy atom. The van der Waals surface area contributed by atoms with Gasteiger partial charge in [-0.05, 0) is 43.2 Å². The van der Waals surface area contributed by atoms with Gasteiger partial charge in [0.15, 0.2) is 0 Å². The fourth-order valence-electron chi connectivity index (χ4n) is 3.40. The average molecular weight is 229 g/mol. The molecule has 2 heteroatoms. The number of carbonyl (C=O) groups excluding carboxylic acids is 1. The monoisotopic (exact) mass is 229 g/mol. The van der Waals surface area contributed by atoms with E-state index in [2.05, 4.69) is 5.32 Å². The van der Waals surface area contributed by atoms with Crippen LogP contribution in [0.5, 0.6) is 0 Å². The Morgan fingerprint density at radius 3 is 2.35 bits per heavy atom. The van der Waals surface area contributed by atoms with Crippen LogP contribution in [-0.4, -0.2) is 11.9 Å². The summed E-state index contributed by atoms with van der Waals surface area (Å²) in [6, 6.07) is 9.98. The van der Waals surface area contributed by atoms with Crippen LogP contribution in [-0.2, 0) is 0 Å². The second-order valence-electron chi connectivity index (χ2n) is 5.46. The molecule has 0 aromatic heterocycles. The van der Waals surface area contributed by atoms with Gasteiger partial charge in [-0.15, -0.1) is 0 Å². The summed E-state index contributed by atoms with van der Waals surface area (Å²) in [5.74, 6) is 1.69.